The highest BCUT2D eigenvalue weighted by Crippen LogP contribution is 2.32. The molecule has 0 aliphatic heterocycles. The number of alkyl halides is 2. The quantitative estimate of drug-likeness (QED) is 0.266. The molecule has 0 radical (unpaired) electrons. The maximum atomic E-state index is 13.8. The molecule has 1 rings (SSSR count). The number of carbonyl (C=O) groups excluding carboxylic acids is 2. The smallest absolute Gasteiger partial charge is 0.342 e. The van der Waals surface area contributed by atoms with Crippen LogP contribution >= 0.6 is 45.2 Å². The Hall–Kier alpha value is -0.760. The maximum Gasteiger partial charge on any atom is 0.342 e. The second-order valence-electron chi connectivity index (χ2n) is 5.30. The number of ether oxygens (including phenoxy) is 3. The van der Waals surface area contributed by atoms with Gasteiger partial charge in [0.15, 0.2) is 12.9 Å². The molecule has 0 saturated heterocycles. The number of rotatable bonds is 8. The van der Waals surface area contributed by atoms with Gasteiger partial charge >= 0.3 is 11.9 Å². The van der Waals surface area contributed by atoms with Gasteiger partial charge in [0.2, 0.25) is 0 Å². The van der Waals surface area contributed by atoms with Crippen molar-refractivity contribution in [1.82, 2.24) is 0 Å². The van der Waals surface area contributed by atoms with Crippen molar-refractivity contribution in [3.8, 4) is 5.75 Å². The van der Waals surface area contributed by atoms with E-state index in [4.69, 9.17) is 14.2 Å². The molecule has 0 heterocycles. The molecule has 0 aliphatic carbocycles. The van der Waals surface area contributed by atoms with Gasteiger partial charge in [-0.3, -0.25) is 0 Å². The predicted molar refractivity (Wildman–Crippen MR) is 98.4 cm³/mol. The Kier molecular flexibility index (Phi) is 8.25. The molecule has 0 fully saturated rings. The second kappa shape index (κ2) is 9.26. The van der Waals surface area contributed by atoms with E-state index in [2.05, 4.69) is 0 Å². The summed E-state index contributed by atoms with van der Waals surface area (Å²) in [5.74, 6) is -8.91. The number of esters is 1. The molecule has 1 atom stereocenters. The number of halogens is 4. The molecule has 140 valence electrons. The van der Waals surface area contributed by atoms with Gasteiger partial charge in [-0.05, 0) is 63.2 Å². The van der Waals surface area contributed by atoms with Crippen LogP contribution in [0.5, 0.6) is 5.75 Å². The number of carboxylic acid groups (broad SMARTS) is 1. The number of aliphatic carboxylic acids is 1. The average molecular weight is 583 g/mol. The van der Waals surface area contributed by atoms with Gasteiger partial charge in [-0.1, -0.05) is 13.8 Å². The van der Waals surface area contributed by atoms with Crippen LogP contribution in [0.4, 0.5) is 8.78 Å². The molecule has 0 N–H and O–H groups in total. The van der Waals surface area contributed by atoms with E-state index in [0.717, 1.165) is 0 Å². The zero-order valence-corrected chi connectivity index (χ0v) is 17.8. The van der Waals surface area contributed by atoms with E-state index in [0.29, 0.717) is 7.14 Å². The minimum absolute atomic E-state index is 0.104. The normalized spacial score (nSPS) is 12.8. The average Bonchev–Trinajstić information content (AvgIpc) is 2.50. The molecule has 0 saturated carbocycles. The molecule has 1 aromatic carbocycles. The third-order valence-electron chi connectivity index (χ3n) is 3.02. The van der Waals surface area contributed by atoms with Crippen LogP contribution in [0.2, 0.25) is 0 Å². The predicted octanol–water partition coefficient (Wildman–Crippen LogP) is 2.45. The van der Waals surface area contributed by atoms with Crippen molar-refractivity contribution in [2.75, 3.05) is 13.9 Å². The van der Waals surface area contributed by atoms with Crippen LogP contribution < -0.4 is 9.84 Å². The fraction of sp³-hybridized carbons (Fsp3) is 0.467. The summed E-state index contributed by atoms with van der Waals surface area (Å²) in [4.78, 5) is 23.1. The van der Waals surface area contributed by atoms with Gasteiger partial charge in [-0.25, -0.2) is 4.79 Å². The van der Waals surface area contributed by atoms with Crippen molar-refractivity contribution in [3.63, 3.8) is 0 Å². The summed E-state index contributed by atoms with van der Waals surface area (Å²) in [5, 5.41) is 10.7. The zero-order valence-electron chi connectivity index (χ0n) is 13.5. The number of benzene rings is 1. The number of methoxy groups -OCH3 is 1. The van der Waals surface area contributed by atoms with Gasteiger partial charge in [-0.2, -0.15) is 8.78 Å². The standard InChI is InChI=1S/C15H16F2I2O6/c1-7(2)12(15(16,17)14(21)22)25-13(20)9-4-8(18)5-10(19)11(9)24-6-23-3/h4-5,7,12H,6H2,1-3H3,(H,21,22)/p-1. The largest absolute Gasteiger partial charge is 0.544 e. The molecule has 25 heavy (non-hydrogen) atoms. The number of carboxylic acids is 1. The van der Waals surface area contributed by atoms with Crippen LogP contribution in [0, 0.1) is 13.1 Å². The summed E-state index contributed by atoms with van der Waals surface area (Å²) < 4.78 is 43.7. The van der Waals surface area contributed by atoms with Crippen molar-refractivity contribution < 1.29 is 37.7 Å². The molecule has 1 aromatic rings. The van der Waals surface area contributed by atoms with Gasteiger partial charge in [0.25, 0.3) is 0 Å². The number of carbonyl (C=O) groups is 2. The van der Waals surface area contributed by atoms with Crippen LogP contribution in [0.15, 0.2) is 12.1 Å². The first-order valence-corrected chi connectivity index (χ1v) is 9.09. The Morgan fingerprint density at radius 3 is 2.36 bits per heavy atom. The summed E-state index contributed by atoms with van der Waals surface area (Å²) in [7, 11) is 1.38. The highest BCUT2D eigenvalue weighted by molar-refractivity contribution is 14.1. The molecule has 0 aliphatic rings. The van der Waals surface area contributed by atoms with Gasteiger partial charge in [-0.15, -0.1) is 0 Å². The van der Waals surface area contributed by atoms with E-state index < -0.39 is 29.9 Å². The van der Waals surface area contributed by atoms with E-state index in [1.54, 1.807) is 6.07 Å². The third kappa shape index (κ3) is 5.61. The summed E-state index contributed by atoms with van der Waals surface area (Å²) >= 11 is 3.85. The lowest BCUT2D eigenvalue weighted by Gasteiger charge is -2.30. The van der Waals surface area contributed by atoms with Crippen LogP contribution in [-0.2, 0) is 14.3 Å². The highest BCUT2D eigenvalue weighted by atomic mass is 127. The lowest BCUT2D eigenvalue weighted by atomic mass is 10.0. The Morgan fingerprint density at radius 2 is 1.88 bits per heavy atom. The number of hydrogen-bond donors (Lipinski definition) is 0. The molecule has 1 unspecified atom stereocenters. The monoisotopic (exact) mass is 583 g/mol. The Labute approximate surface area is 170 Å². The minimum Gasteiger partial charge on any atom is -0.544 e. The lowest BCUT2D eigenvalue weighted by molar-refractivity contribution is -0.337. The Balaban J connectivity index is 3.23. The summed E-state index contributed by atoms with van der Waals surface area (Å²) in [6, 6.07) is 3.10. The molecule has 0 bridgehead atoms. The summed E-state index contributed by atoms with van der Waals surface area (Å²) in [5.41, 5.74) is -0.104. The Bertz CT molecular complexity index is 651. The first kappa shape index (κ1) is 22.3. The first-order valence-electron chi connectivity index (χ1n) is 6.93. The SMILES string of the molecule is COCOc1c(I)cc(I)cc1C(=O)OC(C(C)C)C(F)(F)C(=O)[O-]. The van der Waals surface area contributed by atoms with E-state index in [1.165, 1.54) is 27.0 Å². The summed E-state index contributed by atoms with van der Waals surface area (Å²) in [6.07, 6.45) is -2.18. The third-order valence-corrected chi connectivity index (χ3v) is 4.44. The van der Waals surface area contributed by atoms with E-state index in [9.17, 15) is 23.5 Å². The van der Waals surface area contributed by atoms with Gasteiger partial charge < -0.3 is 24.1 Å². The van der Waals surface area contributed by atoms with Gasteiger partial charge in [0, 0.05) is 10.7 Å². The van der Waals surface area contributed by atoms with Crippen molar-refractivity contribution >= 4 is 57.1 Å². The van der Waals surface area contributed by atoms with Crippen molar-refractivity contribution in [1.29, 1.82) is 0 Å². The maximum absolute atomic E-state index is 13.8. The van der Waals surface area contributed by atoms with Crippen molar-refractivity contribution in [2.45, 2.75) is 25.9 Å². The van der Waals surface area contributed by atoms with E-state index in [1.807, 2.05) is 45.2 Å². The fourth-order valence-corrected chi connectivity index (χ4v) is 3.90. The van der Waals surface area contributed by atoms with Crippen LogP contribution in [0.3, 0.4) is 0 Å². The molecule has 10 heteroatoms. The molecule has 0 amide bonds. The minimum atomic E-state index is -4.33. The van der Waals surface area contributed by atoms with Gasteiger partial charge in [0.05, 0.1) is 3.57 Å². The summed E-state index contributed by atoms with van der Waals surface area (Å²) in [6.45, 7) is 2.46. The number of hydrogen-bond acceptors (Lipinski definition) is 6. The Morgan fingerprint density at radius 1 is 1.28 bits per heavy atom. The molecule has 6 nitrogen and oxygen atoms in total. The second-order valence-corrected chi connectivity index (χ2v) is 7.70. The molecular formula is C15H15F2I2O6-. The van der Waals surface area contributed by atoms with Crippen molar-refractivity contribution in [3.05, 3.63) is 24.8 Å². The van der Waals surface area contributed by atoms with E-state index >= 15 is 0 Å². The first-order chi connectivity index (χ1) is 11.5. The van der Waals surface area contributed by atoms with Crippen molar-refractivity contribution in [2.24, 2.45) is 5.92 Å². The van der Waals surface area contributed by atoms with E-state index in [-0.39, 0.29) is 18.1 Å². The molecule has 0 aromatic heterocycles. The zero-order chi connectivity index (χ0) is 19.4. The fourth-order valence-electron chi connectivity index (χ4n) is 1.90. The topological polar surface area (TPSA) is 84.9 Å². The molecule has 0 spiro atoms. The van der Waals surface area contributed by atoms with Crippen LogP contribution in [0.25, 0.3) is 0 Å². The van der Waals surface area contributed by atoms with Gasteiger partial charge in [0.1, 0.15) is 17.3 Å². The van der Waals surface area contributed by atoms with Crippen LogP contribution in [-0.4, -0.2) is 37.9 Å². The van der Waals surface area contributed by atoms with Crippen LogP contribution in [0.1, 0.15) is 24.2 Å². The lowest BCUT2D eigenvalue weighted by Crippen LogP contribution is -2.53. The molecular weight excluding hydrogens is 568 g/mol. The highest BCUT2D eigenvalue weighted by Gasteiger charge is 2.46.